The fraction of sp³-hybridized carbons (Fsp3) is 0.364. The number of aromatic nitrogens is 1. The predicted octanol–water partition coefficient (Wildman–Crippen LogP) is 0.843. The van der Waals surface area contributed by atoms with Crippen molar-refractivity contribution in [2.45, 2.75) is 19.9 Å². The van der Waals surface area contributed by atoms with Gasteiger partial charge in [-0.2, -0.15) is 0 Å². The molecule has 0 unspecified atom stereocenters. The predicted molar refractivity (Wildman–Crippen MR) is 60.3 cm³/mol. The summed E-state index contributed by atoms with van der Waals surface area (Å²) < 4.78 is 1.83. The summed E-state index contributed by atoms with van der Waals surface area (Å²) in [4.78, 5) is 11.6. The highest BCUT2D eigenvalue weighted by Gasteiger charge is 2.11. The van der Waals surface area contributed by atoms with Crippen molar-refractivity contribution in [1.82, 2.24) is 9.88 Å². The Morgan fingerprint density at radius 1 is 1.73 bits per heavy atom. The van der Waals surface area contributed by atoms with E-state index in [2.05, 4.69) is 11.2 Å². The lowest BCUT2D eigenvalue weighted by Crippen LogP contribution is -2.26. The highest BCUT2D eigenvalue weighted by molar-refractivity contribution is 5.93. The van der Waals surface area contributed by atoms with E-state index in [1.165, 1.54) is 0 Å². The molecule has 1 aromatic rings. The second kappa shape index (κ2) is 5.11. The number of aryl methyl sites for hydroxylation is 1. The van der Waals surface area contributed by atoms with E-state index in [0.29, 0.717) is 11.4 Å². The topological polar surface area (TPSA) is 60.1 Å². The van der Waals surface area contributed by atoms with Gasteiger partial charge in [0.15, 0.2) is 0 Å². The van der Waals surface area contributed by atoms with Crippen LogP contribution in [-0.4, -0.2) is 17.0 Å². The molecule has 0 bridgehead atoms. The minimum atomic E-state index is -0.182. The Balaban J connectivity index is 2.82. The number of amides is 1. The van der Waals surface area contributed by atoms with Crippen LogP contribution in [0.3, 0.4) is 0 Å². The van der Waals surface area contributed by atoms with Crippen molar-refractivity contribution < 1.29 is 4.79 Å². The lowest BCUT2D eigenvalue weighted by Gasteiger charge is -2.06. The van der Waals surface area contributed by atoms with Crippen molar-refractivity contribution >= 4 is 11.6 Å². The molecule has 15 heavy (non-hydrogen) atoms. The van der Waals surface area contributed by atoms with E-state index in [-0.39, 0.29) is 12.5 Å². The van der Waals surface area contributed by atoms with Gasteiger partial charge in [-0.15, -0.1) is 6.42 Å². The summed E-state index contributed by atoms with van der Waals surface area (Å²) in [6.07, 6.45) is 7.77. The molecule has 4 heteroatoms. The number of anilines is 1. The number of nitrogens with two attached hydrogens (primary N) is 1. The normalized spacial score (nSPS) is 9.60. The molecule has 0 atom stereocenters. The monoisotopic (exact) mass is 205 g/mol. The molecule has 4 nitrogen and oxygen atoms in total. The first kappa shape index (κ1) is 11.2. The summed E-state index contributed by atoms with van der Waals surface area (Å²) in [5, 5.41) is 2.61. The summed E-state index contributed by atoms with van der Waals surface area (Å²) in [6, 6.07) is 1.65. The number of nitrogen functional groups attached to an aromatic ring is 1. The average molecular weight is 205 g/mol. The fourth-order valence-corrected chi connectivity index (χ4v) is 1.37. The van der Waals surface area contributed by atoms with Crippen LogP contribution in [-0.2, 0) is 6.54 Å². The van der Waals surface area contributed by atoms with Crippen molar-refractivity contribution in [3.05, 3.63) is 18.0 Å². The van der Waals surface area contributed by atoms with Crippen LogP contribution in [0.25, 0.3) is 0 Å². The number of terminal acetylenes is 1. The Hall–Kier alpha value is -1.89. The molecule has 0 radical (unpaired) electrons. The Morgan fingerprint density at radius 3 is 3.07 bits per heavy atom. The molecular weight excluding hydrogens is 190 g/mol. The van der Waals surface area contributed by atoms with E-state index in [9.17, 15) is 4.79 Å². The second-order valence-electron chi connectivity index (χ2n) is 3.24. The van der Waals surface area contributed by atoms with E-state index in [1.807, 2.05) is 11.5 Å². The van der Waals surface area contributed by atoms with Gasteiger partial charge in [-0.25, -0.2) is 0 Å². The van der Waals surface area contributed by atoms with Crippen LogP contribution in [0.2, 0.25) is 0 Å². The maximum atomic E-state index is 11.6. The molecule has 0 saturated carbocycles. The smallest absolute Gasteiger partial charge is 0.268 e. The highest BCUT2D eigenvalue weighted by atomic mass is 16.1. The molecule has 1 heterocycles. The quantitative estimate of drug-likeness (QED) is 0.716. The molecule has 0 aliphatic rings. The zero-order chi connectivity index (χ0) is 11.3. The van der Waals surface area contributed by atoms with Crippen molar-refractivity contribution in [2.24, 2.45) is 0 Å². The third kappa shape index (κ3) is 2.78. The Morgan fingerprint density at radius 2 is 2.47 bits per heavy atom. The van der Waals surface area contributed by atoms with Gasteiger partial charge in [0.2, 0.25) is 0 Å². The van der Waals surface area contributed by atoms with Gasteiger partial charge in [0, 0.05) is 12.7 Å². The van der Waals surface area contributed by atoms with Crippen molar-refractivity contribution in [2.75, 3.05) is 12.3 Å². The number of carbonyl (C=O) groups excluding carboxylic acids is 1. The third-order valence-corrected chi connectivity index (χ3v) is 1.97. The molecule has 80 valence electrons. The van der Waals surface area contributed by atoms with Crippen molar-refractivity contribution in [1.29, 1.82) is 0 Å². The van der Waals surface area contributed by atoms with Crippen LogP contribution in [0, 0.1) is 12.3 Å². The summed E-state index contributed by atoms with van der Waals surface area (Å²) in [7, 11) is 0. The van der Waals surface area contributed by atoms with Crippen LogP contribution in [0.15, 0.2) is 12.3 Å². The molecule has 0 aromatic carbocycles. The number of nitrogens with zero attached hydrogens (tertiary/aromatic N) is 1. The Kier molecular flexibility index (Phi) is 3.81. The summed E-state index contributed by atoms with van der Waals surface area (Å²) >= 11 is 0. The fourth-order valence-electron chi connectivity index (χ4n) is 1.37. The second-order valence-corrected chi connectivity index (χ2v) is 3.24. The van der Waals surface area contributed by atoms with Gasteiger partial charge >= 0.3 is 0 Å². The molecule has 1 aromatic heterocycles. The minimum Gasteiger partial charge on any atom is -0.397 e. The first-order valence-corrected chi connectivity index (χ1v) is 4.86. The number of hydrogen-bond acceptors (Lipinski definition) is 2. The van der Waals surface area contributed by atoms with Crippen molar-refractivity contribution in [3.63, 3.8) is 0 Å². The van der Waals surface area contributed by atoms with Gasteiger partial charge in [0.05, 0.1) is 12.2 Å². The zero-order valence-corrected chi connectivity index (χ0v) is 8.79. The molecule has 0 aliphatic carbocycles. The molecule has 1 rings (SSSR count). The minimum absolute atomic E-state index is 0.182. The van der Waals surface area contributed by atoms with Gasteiger partial charge in [0.25, 0.3) is 5.91 Å². The first-order chi connectivity index (χ1) is 7.19. The van der Waals surface area contributed by atoms with Crippen LogP contribution in [0.1, 0.15) is 23.8 Å². The standard InChI is InChI=1S/C11H15N3O/c1-3-5-13-11(15)10-7-9(12)8-14(10)6-4-2/h1,7-8H,4-6,12H2,2H3,(H,13,15). The molecule has 0 fully saturated rings. The largest absolute Gasteiger partial charge is 0.397 e. The van der Waals surface area contributed by atoms with E-state index in [4.69, 9.17) is 12.2 Å². The summed E-state index contributed by atoms with van der Waals surface area (Å²) in [5.41, 5.74) is 6.79. The van der Waals surface area contributed by atoms with Crippen LogP contribution in [0.4, 0.5) is 5.69 Å². The average Bonchev–Trinajstić information content (AvgIpc) is 2.57. The SMILES string of the molecule is C#CCNC(=O)c1cc(N)cn1CCC. The van der Waals surface area contributed by atoms with E-state index in [1.54, 1.807) is 12.3 Å². The molecule has 1 amide bonds. The summed E-state index contributed by atoms with van der Waals surface area (Å²) in [6.45, 7) is 3.05. The number of rotatable bonds is 4. The van der Waals surface area contributed by atoms with Gasteiger partial charge < -0.3 is 15.6 Å². The zero-order valence-electron chi connectivity index (χ0n) is 8.79. The maximum Gasteiger partial charge on any atom is 0.268 e. The lowest BCUT2D eigenvalue weighted by molar-refractivity contribution is 0.0949. The first-order valence-electron chi connectivity index (χ1n) is 4.86. The summed E-state index contributed by atoms with van der Waals surface area (Å²) in [5.74, 6) is 2.17. The van der Waals surface area contributed by atoms with Crippen molar-refractivity contribution in [3.8, 4) is 12.3 Å². The Bertz CT molecular complexity index is 387. The lowest BCUT2D eigenvalue weighted by atomic mass is 10.3. The molecule has 0 aliphatic heterocycles. The molecular formula is C11H15N3O. The molecule has 0 spiro atoms. The van der Waals surface area contributed by atoms with E-state index in [0.717, 1.165) is 13.0 Å². The van der Waals surface area contributed by atoms with Gasteiger partial charge in [0.1, 0.15) is 5.69 Å². The van der Waals surface area contributed by atoms with Crippen LogP contribution in [0.5, 0.6) is 0 Å². The number of nitrogens with one attached hydrogen (secondary N) is 1. The van der Waals surface area contributed by atoms with E-state index >= 15 is 0 Å². The van der Waals surface area contributed by atoms with E-state index < -0.39 is 0 Å². The third-order valence-electron chi connectivity index (χ3n) is 1.97. The maximum absolute atomic E-state index is 11.6. The number of carbonyl (C=O) groups is 1. The Labute approximate surface area is 89.5 Å². The molecule has 0 saturated heterocycles. The van der Waals surface area contributed by atoms with Gasteiger partial charge in [-0.05, 0) is 12.5 Å². The number of hydrogen-bond donors (Lipinski definition) is 2. The highest BCUT2D eigenvalue weighted by Crippen LogP contribution is 2.11. The van der Waals surface area contributed by atoms with Gasteiger partial charge in [-0.1, -0.05) is 12.8 Å². The van der Waals surface area contributed by atoms with Crippen LogP contribution < -0.4 is 11.1 Å². The van der Waals surface area contributed by atoms with Gasteiger partial charge in [-0.3, -0.25) is 4.79 Å². The van der Waals surface area contributed by atoms with Crippen LogP contribution >= 0.6 is 0 Å². The molecule has 3 N–H and O–H groups in total.